The lowest BCUT2D eigenvalue weighted by atomic mass is 10.1. The van der Waals surface area contributed by atoms with Gasteiger partial charge in [0.15, 0.2) is 2.82 Å². The molecule has 0 fully saturated rings. The Hall–Kier alpha value is -0.980. The standard InChI is InChI=1S/C8H11N/c1-6-3-4-8(9)5-7(6)2/h3-5H,9H2,1-2H3/i/hD2. The van der Waals surface area contributed by atoms with Gasteiger partial charge in [0.2, 0.25) is 0 Å². The molecule has 0 heterocycles. The zero-order chi connectivity index (χ0) is 8.43. The Morgan fingerprint density at radius 3 is 2.67 bits per heavy atom. The Balaban J connectivity index is 3.05. The van der Waals surface area contributed by atoms with E-state index in [1.54, 1.807) is 6.07 Å². The van der Waals surface area contributed by atoms with E-state index >= 15 is 0 Å². The van der Waals surface area contributed by atoms with Crippen LogP contribution in [0, 0.1) is 13.8 Å². The summed E-state index contributed by atoms with van der Waals surface area (Å²) in [5, 5.41) is 0. The molecule has 1 heteroatoms. The molecular weight excluding hydrogens is 110 g/mol. The van der Waals surface area contributed by atoms with Crippen LogP contribution in [0.25, 0.3) is 0 Å². The number of hydrogen-bond donors (Lipinski definition) is 1. The SMILES string of the molecule is [2H]N([2H])c1ccc(C)c(C)c1. The van der Waals surface area contributed by atoms with E-state index in [0.29, 0.717) is 11.4 Å². The monoisotopic (exact) mass is 123 g/mol. The van der Waals surface area contributed by atoms with Crippen molar-refractivity contribution in [3.8, 4) is 0 Å². The predicted molar refractivity (Wildman–Crippen MR) is 40.3 cm³/mol. The third kappa shape index (κ3) is 1.22. The van der Waals surface area contributed by atoms with Crippen molar-refractivity contribution in [3.05, 3.63) is 29.3 Å². The van der Waals surface area contributed by atoms with Crippen molar-refractivity contribution in [2.75, 3.05) is 5.72 Å². The molecule has 0 spiro atoms. The van der Waals surface area contributed by atoms with Gasteiger partial charge in [0.05, 0.1) is 0 Å². The van der Waals surface area contributed by atoms with Gasteiger partial charge in [-0.3, -0.25) is 0 Å². The van der Waals surface area contributed by atoms with E-state index in [-0.39, 0.29) is 0 Å². The van der Waals surface area contributed by atoms with Crippen LogP contribution in [0.15, 0.2) is 18.2 Å². The molecule has 0 saturated carbocycles. The molecule has 0 aliphatic rings. The largest absolute Gasteiger partial charge is 0.399 e. The molecule has 1 nitrogen and oxygen atoms in total. The maximum Gasteiger partial charge on any atom is 0.156 e. The minimum absolute atomic E-state index is 0.605. The first-order valence-electron chi connectivity index (χ1n) is 3.86. The van der Waals surface area contributed by atoms with Gasteiger partial charge >= 0.3 is 0 Å². The van der Waals surface area contributed by atoms with E-state index in [0.717, 1.165) is 5.56 Å². The van der Waals surface area contributed by atoms with Crippen LogP contribution in [-0.2, 0) is 0 Å². The molecule has 1 aromatic carbocycles. The Labute approximate surface area is 58.4 Å². The molecular formula is C8H11N. The van der Waals surface area contributed by atoms with Gasteiger partial charge < -0.3 is 5.72 Å². The van der Waals surface area contributed by atoms with Crippen LogP contribution in [0.1, 0.15) is 11.1 Å². The third-order valence-corrected chi connectivity index (χ3v) is 1.49. The van der Waals surface area contributed by atoms with E-state index in [4.69, 9.17) is 2.82 Å². The molecule has 48 valence electrons. The van der Waals surface area contributed by atoms with Crippen molar-refractivity contribution >= 4 is 5.69 Å². The lowest BCUT2D eigenvalue weighted by Gasteiger charge is -1.98. The van der Waals surface area contributed by atoms with Gasteiger partial charge in [-0.2, -0.15) is 0 Å². The average molecular weight is 123 g/mol. The van der Waals surface area contributed by atoms with Gasteiger partial charge in [-0.1, -0.05) is 6.07 Å². The molecule has 0 amide bonds. The summed E-state index contributed by atoms with van der Waals surface area (Å²) >= 11 is 0. The Morgan fingerprint density at radius 1 is 1.33 bits per heavy atom. The van der Waals surface area contributed by atoms with Crippen molar-refractivity contribution in [3.63, 3.8) is 0 Å². The molecule has 0 atom stereocenters. The normalized spacial score (nSPS) is 12.2. The molecule has 0 bridgehead atoms. The summed E-state index contributed by atoms with van der Waals surface area (Å²) in [7, 11) is 0. The van der Waals surface area contributed by atoms with Crippen molar-refractivity contribution in [1.29, 1.82) is 0 Å². The molecule has 9 heavy (non-hydrogen) atoms. The highest BCUT2D eigenvalue weighted by atomic mass is 14.5. The summed E-state index contributed by atoms with van der Waals surface area (Å²) < 4.78 is 14.0. The summed E-state index contributed by atoms with van der Waals surface area (Å²) in [6.07, 6.45) is 0. The molecule has 0 unspecified atom stereocenters. The summed E-state index contributed by atoms with van der Waals surface area (Å²) in [6, 6.07) is 5.51. The fraction of sp³-hybridized carbons (Fsp3) is 0.250. The fourth-order valence-corrected chi connectivity index (χ4v) is 0.726. The molecule has 1 rings (SSSR count). The number of rotatable bonds is 1. The maximum atomic E-state index is 6.99. The minimum Gasteiger partial charge on any atom is -0.399 e. The van der Waals surface area contributed by atoms with Crippen molar-refractivity contribution in [1.82, 2.24) is 0 Å². The predicted octanol–water partition coefficient (Wildman–Crippen LogP) is 1.89. The smallest absolute Gasteiger partial charge is 0.156 e. The topological polar surface area (TPSA) is 26.0 Å². The quantitative estimate of drug-likeness (QED) is 0.567. The zero-order valence-electron chi connectivity index (χ0n) is 7.68. The van der Waals surface area contributed by atoms with Gasteiger partial charge in [0, 0.05) is 5.69 Å². The second-order valence-electron chi connectivity index (χ2n) is 2.27. The van der Waals surface area contributed by atoms with Crippen LogP contribution >= 0.6 is 0 Å². The number of anilines is 1. The molecule has 0 aliphatic heterocycles. The first kappa shape index (κ1) is 3.94. The Morgan fingerprint density at radius 2 is 2.11 bits per heavy atom. The molecule has 0 aliphatic carbocycles. The molecule has 0 radical (unpaired) electrons. The highest BCUT2D eigenvalue weighted by Crippen LogP contribution is 2.09. The number of hydrogen-bond acceptors (Lipinski definition) is 1. The lowest BCUT2D eigenvalue weighted by Crippen LogP contribution is -1.86. The van der Waals surface area contributed by atoms with Crippen LogP contribution in [-0.4, -0.2) is 0 Å². The first-order valence-corrected chi connectivity index (χ1v) is 2.96. The van der Waals surface area contributed by atoms with Gasteiger partial charge in [-0.25, -0.2) is 0 Å². The summed E-state index contributed by atoms with van der Waals surface area (Å²) in [5.74, 6) is 0. The first-order chi connectivity index (χ1) is 5.11. The zero-order valence-corrected chi connectivity index (χ0v) is 5.68. The highest BCUT2D eigenvalue weighted by Gasteiger charge is 1.89. The van der Waals surface area contributed by atoms with Crippen molar-refractivity contribution < 1.29 is 2.82 Å². The van der Waals surface area contributed by atoms with E-state index < -0.39 is 0 Å². The van der Waals surface area contributed by atoms with Gasteiger partial charge in [-0.15, -0.1) is 0 Å². The Bertz CT molecular complexity index is 258. The van der Waals surface area contributed by atoms with Crippen LogP contribution in [0.5, 0.6) is 0 Å². The molecule has 1 aromatic rings. The fourth-order valence-electron chi connectivity index (χ4n) is 0.726. The number of nitrogen functional groups attached to an aromatic ring is 1. The van der Waals surface area contributed by atoms with Crippen LogP contribution in [0.3, 0.4) is 0 Å². The number of aryl methyl sites for hydroxylation is 2. The summed E-state index contributed by atoms with van der Waals surface area (Å²) in [6.45, 7) is 3.99. The minimum atomic E-state index is 0.605. The number of nitrogens with two attached hydrogens (primary N) is 1. The second-order valence-corrected chi connectivity index (χ2v) is 2.27. The highest BCUT2D eigenvalue weighted by molar-refractivity contribution is 5.43. The van der Waals surface area contributed by atoms with Crippen molar-refractivity contribution in [2.45, 2.75) is 13.8 Å². The van der Waals surface area contributed by atoms with E-state index in [1.165, 1.54) is 5.56 Å². The molecule has 0 aromatic heterocycles. The molecule has 0 saturated heterocycles. The maximum absolute atomic E-state index is 6.99. The van der Waals surface area contributed by atoms with Crippen molar-refractivity contribution in [2.24, 2.45) is 0 Å². The molecule has 2 N–H and O–H groups in total. The number of benzene rings is 1. The van der Waals surface area contributed by atoms with Crippen LogP contribution in [0.4, 0.5) is 5.69 Å². The average Bonchev–Trinajstić information content (AvgIpc) is 1.94. The van der Waals surface area contributed by atoms with Crippen LogP contribution in [0.2, 0.25) is 2.82 Å². The van der Waals surface area contributed by atoms with Gasteiger partial charge in [-0.05, 0) is 37.1 Å². The van der Waals surface area contributed by atoms with Gasteiger partial charge in [0.25, 0.3) is 0 Å². The lowest BCUT2D eigenvalue weighted by molar-refractivity contribution is 1.34. The van der Waals surface area contributed by atoms with E-state index in [1.807, 2.05) is 26.0 Å². The third-order valence-electron chi connectivity index (χ3n) is 1.49. The van der Waals surface area contributed by atoms with Gasteiger partial charge in [0.1, 0.15) is 0 Å². The Kier molecular flexibility index (Phi) is 0.916. The summed E-state index contributed by atoms with van der Waals surface area (Å²) in [5.41, 5.74) is 3.53. The second kappa shape index (κ2) is 2.09. The van der Waals surface area contributed by atoms with Crippen LogP contribution < -0.4 is 5.72 Å². The van der Waals surface area contributed by atoms with E-state index in [9.17, 15) is 0 Å². The van der Waals surface area contributed by atoms with E-state index in [2.05, 4.69) is 0 Å². The summed E-state index contributed by atoms with van der Waals surface area (Å²) in [4.78, 5) is 0.